The molecular weight excluding hydrogens is 345 g/mol. The van der Waals surface area contributed by atoms with E-state index in [1.165, 1.54) is 25.3 Å². The van der Waals surface area contributed by atoms with E-state index in [0.717, 1.165) is 6.07 Å². The first-order valence-electron chi connectivity index (χ1n) is 7.52. The van der Waals surface area contributed by atoms with Crippen molar-refractivity contribution >= 4 is 10.1 Å². The van der Waals surface area contributed by atoms with Gasteiger partial charge in [-0.15, -0.1) is 0 Å². The Kier molecular flexibility index (Phi) is 6.84. The van der Waals surface area contributed by atoms with Crippen molar-refractivity contribution in [3.8, 4) is 0 Å². The van der Waals surface area contributed by atoms with Gasteiger partial charge in [-0.1, -0.05) is 38.5 Å². The molecule has 0 fully saturated rings. The van der Waals surface area contributed by atoms with E-state index in [-0.39, 0.29) is 17.7 Å². The number of halogens is 3. The molecule has 138 valence electrons. The quantitative estimate of drug-likeness (QED) is 0.543. The molecular formula is C16H23F3O4S. The number of alkyl halides is 3. The number of hydrogen-bond acceptors (Lipinski definition) is 3. The van der Waals surface area contributed by atoms with Crippen LogP contribution in [0.5, 0.6) is 0 Å². The lowest BCUT2D eigenvalue weighted by Crippen LogP contribution is -2.26. The molecule has 4 nitrogen and oxygen atoms in total. The van der Waals surface area contributed by atoms with Gasteiger partial charge in [0.1, 0.15) is 0 Å². The highest BCUT2D eigenvalue weighted by atomic mass is 32.2. The molecule has 1 rings (SSSR count). The number of rotatable bonds is 8. The smallest absolute Gasteiger partial charge is 0.376 e. The van der Waals surface area contributed by atoms with E-state index in [4.69, 9.17) is 9.29 Å². The highest BCUT2D eigenvalue weighted by Gasteiger charge is 2.39. The monoisotopic (exact) mass is 368 g/mol. The topological polar surface area (TPSA) is 63.6 Å². The Labute approximate surface area is 140 Å². The Hall–Kier alpha value is -1.12. The second kappa shape index (κ2) is 7.84. The van der Waals surface area contributed by atoms with Crippen LogP contribution in [0, 0.1) is 5.41 Å². The van der Waals surface area contributed by atoms with Crippen LogP contribution >= 0.6 is 0 Å². The van der Waals surface area contributed by atoms with Gasteiger partial charge >= 0.3 is 6.18 Å². The summed E-state index contributed by atoms with van der Waals surface area (Å²) in [5, 5.41) is 0. The van der Waals surface area contributed by atoms with E-state index in [9.17, 15) is 21.6 Å². The van der Waals surface area contributed by atoms with E-state index >= 15 is 0 Å². The maximum absolute atomic E-state index is 13.2. The summed E-state index contributed by atoms with van der Waals surface area (Å²) in [5.41, 5.74) is -1.31. The number of methoxy groups -OCH3 is 1. The van der Waals surface area contributed by atoms with Crippen molar-refractivity contribution in [1.29, 1.82) is 0 Å². The molecule has 8 heteroatoms. The molecule has 1 N–H and O–H groups in total. The normalized spacial score (nSPS) is 14.6. The highest BCUT2D eigenvalue weighted by molar-refractivity contribution is 7.85. The average Bonchev–Trinajstić information content (AvgIpc) is 2.43. The predicted molar refractivity (Wildman–Crippen MR) is 85.2 cm³/mol. The van der Waals surface area contributed by atoms with Gasteiger partial charge in [0, 0.05) is 7.11 Å². The highest BCUT2D eigenvalue weighted by Crippen LogP contribution is 2.44. The van der Waals surface area contributed by atoms with Crippen LogP contribution in [0.25, 0.3) is 0 Å². The van der Waals surface area contributed by atoms with Gasteiger partial charge in [0.25, 0.3) is 10.1 Å². The van der Waals surface area contributed by atoms with Crippen LogP contribution in [0.1, 0.15) is 50.3 Å². The van der Waals surface area contributed by atoms with Crippen LogP contribution in [0.15, 0.2) is 24.3 Å². The lowest BCUT2D eigenvalue weighted by molar-refractivity contribution is -0.140. The largest absolute Gasteiger partial charge is 0.416 e. The SMILES string of the molecule is COC(c1ccccc1C(F)(F)F)C(C)(C)CCCCS(=O)(=O)O. The zero-order valence-electron chi connectivity index (χ0n) is 13.9. The summed E-state index contributed by atoms with van der Waals surface area (Å²) in [4.78, 5) is 0. The third kappa shape index (κ3) is 6.07. The Bertz CT molecular complexity index is 639. The molecule has 0 aromatic heterocycles. The third-order valence-electron chi connectivity index (χ3n) is 3.97. The van der Waals surface area contributed by atoms with Crippen LogP contribution in [0.3, 0.4) is 0 Å². The first-order chi connectivity index (χ1) is 10.9. The van der Waals surface area contributed by atoms with Crippen molar-refractivity contribution < 1.29 is 30.9 Å². The van der Waals surface area contributed by atoms with Crippen molar-refractivity contribution in [2.75, 3.05) is 12.9 Å². The summed E-state index contributed by atoms with van der Waals surface area (Å²) in [6.45, 7) is 3.56. The molecule has 0 amide bonds. The zero-order valence-corrected chi connectivity index (χ0v) is 14.7. The minimum Gasteiger partial charge on any atom is -0.376 e. The molecule has 1 atom stereocenters. The van der Waals surface area contributed by atoms with Crippen molar-refractivity contribution in [3.63, 3.8) is 0 Å². The lowest BCUT2D eigenvalue weighted by atomic mass is 9.77. The molecule has 0 aliphatic carbocycles. The lowest BCUT2D eigenvalue weighted by Gasteiger charge is -2.35. The fraction of sp³-hybridized carbons (Fsp3) is 0.625. The molecule has 0 bridgehead atoms. The van der Waals surface area contributed by atoms with Gasteiger partial charge in [0.15, 0.2) is 0 Å². The van der Waals surface area contributed by atoms with Crippen molar-refractivity contribution in [2.45, 2.75) is 45.4 Å². The molecule has 24 heavy (non-hydrogen) atoms. The second-order valence-corrected chi connectivity index (χ2v) is 8.00. The number of hydrogen-bond donors (Lipinski definition) is 1. The minimum atomic E-state index is -4.48. The number of unbranched alkanes of at least 4 members (excludes halogenated alkanes) is 1. The van der Waals surface area contributed by atoms with Crippen LogP contribution in [0.2, 0.25) is 0 Å². The van der Waals surface area contributed by atoms with Gasteiger partial charge in [-0.3, -0.25) is 4.55 Å². The average molecular weight is 368 g/mol. The Morgan fingerprint density at radius 1 is 1.17 bits per heavy atom. The standard InChI is InChI=1S/C16H23F3O4S/c1-15(2,10-6-7-11-24(20,21)22)14(23-3)12-8-4-5-9-13(12)16(17,18)19/h4-5,8-9,14H,6-7,10-11H2,1-3H3,(H,20,21,22). The zero-order chi connectivity index (χ0) is 18.6. The van der Waals surface area contributed by atoms with E-state index in [1.54, 1.807) is 13.8 Å². The van der Waals surface area contributed by atoms with Crippen LogP contribution in [-0.2, 0) is 21.0 Å². The summed E-state index contributed by atoms with van der Waals surface area (Å²) >= 11 is 0. The van der Waals surface area contributed by atoms with Gasteiger partial charge in [-0.2, -0.15) is 21.6 Å². The van der Waals surface area contributed by atoms with Gasteiger partial charge < -0.3 is 4.74 Å². The summed E-state index contributed by atoms with van der Waals surface area (Å²) in [6.07, 6.45) is -4.14. The number of ether oxygens (including phenoxy) is 1. The maximum Gasteiger partial charge on any atom is 0.416 e. The molecule has 0 aliphatic rings. The van der Waals surface area contributed by atoms with Gasteiger partial charge in [0.2, 0.25) is 0 Å². The number of benzene rings is 1. The molecule has 0 spiro atoms. The second-order valence-electron chi connectivity index (χ2n) is 6.43. The third-order valence-corrected chi connectivity index (χ3v) is 4.77. The van der Waals surface area contributed by atoms with E-state index in [1.807, 2.05) is 0 Å². The van der Waals surface area contributed by atoms with Crippen molar-refractivity contribution in [1.82, 2.24) is 0 Å². The first-order valence-corrected chi connectivity index (χ1v) is 9.13. The van der Waals surface area contributed by atoms with E-state index in [0.29, 0.717) is 12.8 Å². The van der Waals surface area contributed by atoms with Gasteiger partial charge in [-0.25, -0.2) is 0 Å². The fourth-order valence-corrected chi connectivity index (χ4v) is 3.42. The van der Waals surface area contributed by atoms with Crippen LogP contribution < -0.4 is 0 Å². The summed E-state index contributed by atoms with van der Waals surface area (Å²) in [7, 11) is -2.67. The maximum atomic E-state index is 13.2. The Balaban J connectivity index is 2.96. The fourth-order valence-electron chi connectivity index (χ4n) is 2.85. The first kappa shape index (κ1) is 20.9. The molecule has 0 saturated heterocycles. The van der Waals surface area contributed by atoms with Crippen molar-refractivity contribution in [2.24, 2.45) is 5.41 Å². The minimum absolute atomic E-state index is 0.0623. The van der Waals surface area contributed by atoms with E-state index in [2.05, 4.69) is 0 Å². The molecule has 1 unspecified atom stereocenters. The van der Waals surface area contributed by atoms with Crippen LogP contribution in [0.4, 0.5) is 13.2 Å². The summed E-state index contributed by atoms with van der Waals surface area (Å²) < 4.78 is 75.2. The summed E-state index contributed by atoms with van der Waals surface area (Å²) in [6, 6.07) is 5.29. The molecule has 0 saturated carbocycles. The molecule has 0 heterocycles. The van der Waals surface area contributed by atoms with Gasteiger partial charge in [-0.05, 0) is 29.9 Å². The predicted octanol–water partition coefficient (Wildman–Crippen LogP) is 4.48. The van der Waals surface area contributed by atoms with Crippen LogP contribution in [-0.4, -0.2) is 25.8 Å². The molecule has 1 aromatic carbocycles. The molecule has 0 aliphatic heterocycles. The van der Waals surface area contributed by atoms with Crippen molar-refractivity contribution in [3.05, 3.63) is 35.4 Å². The van der Waals surface area contributed by atoms with Gasteiger partial charge in [0.05, 0.1) is 17.4 Å². The molecule has 0 radical (unpaired) electrons. The van der Waals surface area contributed by atoms with E-state index < -0.39 is 33.4 Å². The Morgan fingerprint density at radius 2 is 1.75 bits per heavy atom. The molecule has 1 aromatic rings. The summed E-state index contributed by atoms with van der Waals surface area (Å²) in [5.74, 6) is -0.361. The Morgan fingerprint density at radius 3 is 2.25 bits per heavy atom.